The van der Waals surface area contributed by atoms with Crippen LogP contribution in [0.5, 0.6) is 0 Å². The third-order valence-corrected chi connectivity index (χ3v) is 4.16. The minimum atomic E-state index is -0.348. The molecule has 0 saturated carbocycles. The number of pyridine rings is 1. The smallest absolute Gasteiger partial charge is 0.260 e. The van der Waals surface area contributed by atoms with Crippen molar-refractivity contribution in [3.05, 3.63) is 59.4 Å². The Morgan fingerprint density at radius 3 is 2.56 bits per heavy atom. The number of benzene rings is 1. The van der Waals surface area contributed by atoms with Gasteiger partial charge in [-0.1, -0.05) is 18.2 Å². The second-order valence-corrected chi connectivity index (χ2v) is 7.52. The molecule has 1 aliphatic heterocycles. The van der Waals surface area contributed by atoms with Crippen molar-refractivity contribution in [2.24, 2.45) is 0 Å². The van der Waals surface area contributed by atoms with E-state index in [2.05, 4.69) is 10.3 Å². The van der Waals surface area contributed by atoms with Crippen molar-refractivity contribution in [1.29, 1.82) is 0 Å². The van der Waals surface area contributed by atoms with Crippen LogP contribution in [0.4, 0.5) is 5.69 Å². The van der Waals surface area contributed by atoms with E-state index in [4.69, 9.17) is 0 Å². The Balaban J connectivity index is 1.89. The van der Waals surface area contributed by atoms with Gasteiger partial charge in [0.1, 0.15) is 0 Å². The molecule has 1 aromatic carbocycles. The second-order valence-electron chi connectivity index (χ2n) is 7.52. The molecule has 130 valence electrons. The molecule has 5 nitrogen and oxygen atoms in total. The molecule has 3 rings (SSSR count). The fraction of sp³-hybridized carbons (Fsp3) is 0.350. The first kappa shape index (κ1) is 17.1. The molecular weight excluding hydrogens is 314 g/mol. The van der Waals surface area contributed by atoms with Crippen LogP contribution in [0.2, 0.25) is 0 Å². The van der Waals surface area contributed by atoms with E-state index in [0.29, 0.717) is 11.1 Å². The predicted octanol–water partition coefficient (Wildman–Crippen LogP) is 3.20. The van der Waals surface area contributed by atoms with Gasteiger partial charge in [0.05, 0.1) is 11.1 Å². The summed E-state index contributed by atoms with van der Waals surface area (Å²) in [5, 5.41) is 2.89. The number of hydrogen-bond donors (Lipinski definition) is 1. The van der Waals surface area contributed by atoms with E-state index in [1.54, 1.807) is 11.0 Å². The highest BCUT2D eigenvalue weighted by Crippen LogP contribution is 2.33. The van der Waals surface area contributed by atoms with Gasteiger partial charge in [-0.3, -0.25) is 14.6 Å². The average Bonchev–Trinajstić information content (AvgIpc) is 2.88. The minimum absolute atomic E-state index is 0.0805. The largest absolute Gasteiger partial charge is 0.347 e. The molecule has 0 aliphatic carbocycles. The second kappa shape index (κ2) is 6.31. The molecule has 2 heterocycles. The van der Waals surface area contributed by atoms with E-state index < -0.39 is 0 Å². The van der Waals surface area contributed by atoms with Crippen molar-refractivity contribution in [2.45, 2.75) is 45.7 Å². The summed E-state index contributed by atoms with van der Waals surface area (Å²) in [5.41, 5.74) is 2.56. The monoisotopic (exact) mass is 337 g/mol. The zero-order valence-corrected chi connectivity index (χ0v) is 15.0. The Bertz CT molecular complexity index is 824. The lowest BCUT2D eigenvalue weighted by Gasteiger charge is -2.23. The third kappa shape index (κ3) is 3.55. The summed E-state index contributed by atoms with van der Waals surface area (Å²) in [7, 11) is 0. The Labute approximate surface area is 148 Å². The minimum Gasteiger partial charge on any atom is -0.347 e. The Morgan fingerprint density at radius 1 is 1.16 bits per heavy atom. The molecule has 25 heavy (non-hydrogen) atoms. The van der Waals surface area contributed by atoms with Gasteiger partial charge in [-0.25, -0.2) is 0 Å². The highest BCUT2D eigenvalue weighted by Gasteiger charge is 2.31. The van der Waals surface area contributed by atoms with E-state index in [-0.39, 0.29) is 23.4 Å². The molecule has 1 unspecified atom stereocenters. The van der Waals surface area contributed by atoms with Crippen molar-refractivity contribution in [1.82, 2.24) is 10.3 Å². The van der Waals surface area contributed by atoms with Crippen LogP contribution in [0.25, 0.3) is 0 Å². The van der Waals surface area contributed by atoms with Crippen LogP contribution in [-0.2, 0) is 6.42 Å². The summed E-state index contributed by atoms with van der Waals surface area (Å²) >= 11 is 0. The van der Waals surface area contributed by atoms with Gasteiger partial charge in [0.15, 0.2) is 0 Å². The van der Waals surface area contributed by atoms with Gasteiger partial charge in [-0.05, 0) is 51.8 Å². The number of para-hydroxylation sites is 1. The molecule has 0 fully saturated rings. The lowest BCUT2D eigenvalue weighted by atomic mass is 10.1. The molecule has 0 spiro atoms. The van der Waals surface area contributed by atoms with Crippen LogP contribution in [0.1, 0.15) is 54.0 Å². The number of rotatable bonds is 2. The van der Waals surface area contributed by atoms with Crippen LogP contribution in [0.15, 0.2) is 42.7 Å². The normalized spacial score (nSPS) is 16.5. The van der Waals surface area contributed by atoms with Gasteiger partial charge >= 0.3 is 0 Å². The maximum absolute atomic E-state index is 13.0. The van der Waals surface area contributed by atoms with Crippen LogP contribution in [-0.4, -0.2) is 28.4 Å². The van der Waals surface area contributed by atoms with Crippen molar-refractivity contribution < 1.29 is 9.59 Å². The number of nitrogens with one attached hydrogen (secondary N) is 1. The summed E-state index contributed by atoms with van der Waals surface area (Å²) in [6.07, 6.45) is 3.84. The number of fused-ring (bicyclic) bond motifs is 1. The molecule has 1 N–H and O–H groups in total. The van der Waals surface area contributed by atoms with E-state index >= 15 is 0 Å². The maximum Gasteiger partial charge on any atom is 0.260 e. The predicted molar refractivity (Wildman–Crippen MR) is 97.9 cm³/mol. The van der Waals surface area contributed by atoms with Crippen molar-refractivity contribution in [2.75, 3.05) is 4.90 Å². The number of aromatic nitrogens is 1. The fourth-order valence-corrected chi connectivity index (χ4v) is 3.11. The Kier molecular flexibility index (Phi) is 4.33. The number of carbonyl (C=O) groups excluding carboxylic acids is 2. The number of hydrogen-bond acceptors (Lipinski definition) is 3. The number of carbonyl (C=O) groups is 2. The molecule has 0 bridgehead atoms. The van der Waals surface area contributed by atoms with Gasteiger partial charge in [0, 0.05) is 29.7 Å². The summed E-state index contributed by atoms with van der Waals surface area (Å²) in [5.74, 6) is -0.361. The molecule has 0 radical (unpaired) electrons. The third-order valence-electron chi connectivity index (χ3n) is 4.16. The topological polar surface area (TPSA) is 62.3 Å². The van der Waals surface area contributed by atoms with Gasteiger partial charge in [0.2, 0.25) is 0 Å². The van der Waals surface area contributed by atoms with Gasteiger partial charge in [-0.2, -0.15) is 0 Å². The first-order valence-electron chi connectivity index (χ1n) is 8.45. The van der Waals surface area contributed by atoms with Gasteiger partial charge in [0.25, 0.3) is 11.8 Å². The fourth-order valence-electron chi connectivity index (χ4n) is 3.11. The van der Waals surface area contributed by atoms with E-state index in [0.717, 1.165) is 17.7 Å². The SMILES string of the molecule is CC1Cc2ccccc2N1C(=O)c1cncc(C(=O)NC(C)(C)C)c1. The van der Waals surface area contributed by atoms with Crippen molar-refractivity contribution in [3.63, 3.8) is 0 Å². The van der Waals surface area contributed by atoms with Crippen LogP contribution in [0, 0.1) is 0 Å². The lowest BCUT2D eigenvalue weighted by molar-refractivity contribution is 0.0919. The first-order valence-corrected chi connectivity index (χ1v) is 8.45. The molecule has 1 atom stereocenters. The van der Waals surface area contributed by atoms with Crippen molar-refractivity contribution in [3.8, 4) is 0 Å². The van der Waals surface area contributed by atoms with Gasteiger partial charge < -0.3 is 10.2 Å². The molecule has 1 aliphatic rings. The highest BCUT2D eigenvalue weighted by atomic mass is 16.2. The molecule has 0 saturated heterocycles. The zero-order chi connectivity index (χ0) is 18.2. The molecule has 2 amide bonds. The Hall–Kier alpha value is -2.69. The molecule has 1 aromatic heterocycles. The number of amides is 2. The molecule has 5 heteroatoms. The molecular formula is C20H23N3O2. The zero-order valence-electron chi connectivity index (χ0n) is 15.0. The standard InChI is InChI=1S/C20H23N3O2/c1-13-9-14-7-5-6-8-17(14)23(13)19(25)16-10-15(11-21-12-16)18(24)22-20(2,3)4/h5-8,10-13H,9H2,1-4H3,(H,22,24). The average molecular weight is 337 g/mol. The number of nitrogens with zero attached hydrogens (tertiary/aromatic N) is 2. The van der Waals surface area contributed by atoms with Gasteiger partial charge in [-0.15, -0.1) is 0 Å². The van der Waals surface area contributed by atoms with E-state index in [1.807, 2.05) is 52.0 Å². The van der Waals surface area contributed by atoms with Crippen LogP contribution >= 0.6 is 0 Å². The van der Waals surface area contributed by atoms with Crippen LogP contribution in [0.3, 0.4) is 0 Å². The highest BCUT2D eigenvalue weighted by molar-refractivity contribution is 6.08. The van der Waals surface area contributed by atoms with E-state index in [1.165, 1.54) is 12.4 Å². The van der Waals surface area contributed by atoms with Crippen molar-refractivity contribution >= 4 is 17.5 Å². The first-order chi connectivity index (χ1) is 11.8. The summed E-state index contributed by atoms with van der Waals surface area (Å²) < 4.78 is 0. The summed E-state index contributed by atoms with van der Waals surface area (Å²) in [6.45, 7) is 7.77. The quantitative estimate of drug-likeness (QED) is 0.915. The molecule has 2 aromatic rings. The maximum atomic E-state index is 13.0. The van der Waals surface area contributed by atoms with Crippen LogP contribution < -0.4 is 10.2 Å². The summed E-state index contributed by atoms with van der Waals surface area (Å²) in [4.78, 5) is 31.3. The lowest BCUT2D eigenvalue weighted by Crippen LogP contribution is -2.41. The Morgan fingerprint density at radius 2 is 1.84 bits per heavy atom. The number of anilines is 1. The summed E-state index contributed by atoms with van der Waals surface area (Å²) in [6, 6.07) is 9.62. The van der Waals surface area contributed by atoms with E-state index in [9.17, 15) is 9.59 Å².